The van der Waals surface area contributed by atoms with E-state index in [0.29, 0.717) is 12.8 Å². The molecule has 0 saturated carbocycles. The van der Waals surface area contributed by atoms with Crippen LogP contribution in [0.3, 0.4) is 0 Å². The highest BCUT2D eigenvalue weighted by Gasteiger charge is 2.50. The highest BCUT2D eigenvalue weighted by Crippen LogP contribution is 2.39. The van der Waals surface area contributed by atoms with Crippen LogP contribution in [0.25, 0.3) is 0 Å². The molecule has 0 spiro atoms. The van der Waals surface area contributed by atoms with Gasteiger partial charge in [0.25, 0.3) is 0 Å². The molecule has 0 heterocycles. The standard InChI is InChI=1S/C17H21NO3/c1-4-21-16(20)17(15(19)9-10-18(2)3)11-13-7-5-6-8-14(13)12-17/h5-10H,4,11-12H2,1-3H3/b10-9+. The minimum Gasteiger partial charge on any atom is -0.465 e. The zero-order valence-corrected chi connectivity index (χ0v) is 12.8. The van der Waals surface area contributed by atoms with E-state index < -0.39 is 11.4 Å². The molecule has 0 aromatic heterocycles. The molecule has 1 aromatic rings. The minimum absolute atomic E-state index is 0.189. The number of carbonyl (C=O) groups is 2. The lowest BCUT2D eigenvalue weighted by Crippen LogP contribution is -2.41. The molecule has 0 radical (unpaired) electrons. The van der Waals surface area contributed by atoms with Gasteiger partial charge in [0.05, 0.1) is 6.61 Å². The molecule has 4 heteroatoms. The Kier molecular flexibility index (Phi) is 4.46. The van der Waals surface area contributed by atoms with Crippen LogP contribution >= 0.6 is 0 Å². The van der Waals surface area contributed by atoms with E-state index in [1.807, 2.05) is 38.4 Å². The summed E-state index contributed by atoms with van der Waals surface area (Å²) < 4.78 is 5.18. The van der Waals surface area contributed by atoms with Crippen LogP contribution in [0.1, 0.15) is 18.1 Å². The van der Waals surface area contributed by atoms with Crippen molar-refractivity contribution >= 4 is 11.8 Å². The molecule has 21 heavy (non-hydrogen) atoms. The third-order valence-corrected chi connectivity index (χ3v) is 3.76. The first-order valence-electron chi connectivity index (χ1n) is 7.12. The molecule has 1 aliphatic rings. The van der Waals surface area contributed by atoms with Crippen molar-refractivity contribution in [2.45, 2.75) is 19.8 Å². The van der Waals surface area contributed by atoms with Crippen molar-refractivity contribution in [3.63, 3.8) is 0 Å². The van der Waals surface area contributed by atoms with Gasteiger partial charge in [-0.15, -0.1) is 0 Å². The Labute approximate surface area is 125 Å². The maximum Gasteiger partial charge on any atom is 0.320 e. The highest BCUT2D eigenvalue weighted by atomic mass is 16.5. The van der Waals surface area contributed by atoms with Crippen LogP contribution in [0.15, 0.2) is 36.5 Å². The number of carbonyl (C=O) groups excluding carboxylic acids is 2. The van der Waals surface area contributed by atoms with Crippen LogP contribution in [0.2, 0.25) is 0 Å². The second kappa shape index (κ2) is 6.12. The van der Waals surface area contributed by atoms with Crippen molar-refractivity contribution in [1.82, 2.24) is 4.90 Å². The zero-order chi connectivity index (χ0) is 15.5. The highest BCUT2D eigenvalue weighted by molar-refractivity contribution is 6.10. The summed E-state index contributed by atoms with van der Waals surface area (Å²) in [6.45, 7) is 2.04. The number of allylic oxidation sites excluding steroid dienone is 1. The average Bonchev–Trinajstić information content (AvgIpc) is 2.85. The smallest absolute Gasteiger partial charge is 0.320 e. The molecule has 0 aliphatic heterocycles. The van der Waals surface area contributed by atoms with Crippen molar-refractivity contribution in [3.05, 3.63) is 47.7 Å². The summed E-state index contributed by atoms with van der Waals surface area (Å²) in [6.07, 6.45) is 3.98. The first-order valence-corrected chi connectivity index (χ1v) is 7.12. The second-order valence-electron chi connectivity index (χ2n) is 5.57. The molecule has 0 saturated heterocycles. The minimum atomic E-state index is -1.10. The van der Waals surface area contributed by atoms with E-state index in [9.17, 15) is 9.59 Å². The Bertz CT molecular complexity index is 550. The van der Waals surface area contributed by atoms with Gasteiger partial charge in [-0.3, -0.25) is 9.59 Å². The van der Waals surface area contributed by atoms with Crippen LogP contribution in [0.5, 0.6) is 0 Å². The van der Waals surface area contributed by atoms with Gasteiger partial charge in [-0.25, -0.2) is 0 Å². The molecular formula is C17H21NO3. The third kappa shape index (κ3) is 2.99. The predicted molar refractivity (Wildman–Crippen MR) is 80.8 cm³/mol. The Morgan fingerprint density at radius 3 is 2.29 bits per heavy atom. The molecule has 0 atom stereocenters. The summed E-state index contributed by atoms with van der Waals surface area (Å²) >= 11 is 0. The Balaban J connectivity index is 2.35. The van der Waals surface area contributed by atoms with E-state index in [1.54, 1.807) is 18.0 Å². The second-order valence-corrected chi connectivity index (χ2v) is 5.57. The van der Waals surface area contributed by atoms with Crippen LogP contribution < -0.4 is 0 Å². The Hall–Kier alpha value is -2.10. The number of ether oxygens (including phenoxy) is 1. The van der Waals surface area contributed by atoms with E-state index in [2.05, 4.69) is 0 Å². The molecule has 2 rings (SSSR count). The number of hydrogen-bond acceptors (Lipinski definition) is 4. The summed E-state index contributed by atoms with van der Waals surface area (Å²) in [5.41, 5.74) is 1.00. The number of esters is 1. The number of hydrogen-bond donors (Lipinski definition) is 0. The summed E-state index contributed by atoms with van der Waals surface area (Å²) in [5.74, 6) is -0.611. The lowest BCUT2D eigenvalue weighted by Gasteiger charge is -2.23. The first kappa shape index (κ1) is 15.3. The number of ketones is 1. The lowest BCUT2D eigenvalue weighted by molar-refractivity contribution is -0.158. The molecule has 0 bridgehead atoms. The fourth-order valence-electron chi connectivity index (χ4n) is 2.68. The van der Waals surface area contributed by atoms with E-state index in [1.165, 1.54) is 6.08 Å². The molecule has 1 aromatic carbocycles. The Morgan fingerprint density at radius 2 is 1.81 bits per heavy atom. The van der Waals surface area contributed by atoms with Crippen molar-refractivity contribution < 1.29 is 14.3 Å². The first-order chi connectivity index (χ1) is 9.99. The molecule has 4 nitrogen and oxygen atoms in total. The van der Waals surface area contributed by atoms with Gasteiger partial charge in [-0.1, -0.05) is 24.3 Å². The summed E-state index contributed by atoms with van der Waals surface area (Å²) in [5, 5.41) is 0. The molecule has 0 amide bonds. The molecule has 1 aliphatic carbocycles. The van der Waals surface area contributed by atoms with Crippen molar-refractivity contribution in [2.75, 3.05) is 20.7 Å². The van der Waals surface area contributed by atoms with E-state index in [-0.39, 0.29) is 12.4 Å². The molecule has 0 fully saturated rings. The summed E-state index contributed by atoms with van der Waals surface area (Å²) in [4.78, 5) is 26.9. The number of fused-ring (bicyclic) bond motifs is 1. The number of benzene rings is 1. The summed E-state index contributed by atoms with van der Waals surface area (Å²) in [6, 6.07) is 7.80. The summed E-state index contributed by atoms with van der Waals surface area (Å²) in [7, 11) is 3.68. The SMILES string of the molecule is CCOC(=O)C1(C(=O)/C=C/N(C)C)Cc2ccccc2C1. The van der Waals surface area contributed by atoms with Gasteiger partial charge < -0.3 is 9.64 Å². The van der Waals surface area contributed by atoms with Crippen molar-refractivity contribution in [1.29, 1.82) is 0 Å². The zero-order valence-electron chi connectivity index (χ0n) is 12.8. The fraction of sp³-hybridized carbons (Fsp3) is 0.412. The quantitative estimate of drug-likeness (QED) is 0.472. The number of nitrogens with zero attached hydrogens (tertiary/aromatic N) is 1. The lowest BCUT2D eigenvalue weighted by atomic mass is 9.80. The van der Waals surface area contributed by atoms with Gasteiger partial charge in [0.2, 0.25) is 0 Å². The van der Waals surface area contributed by atoms with Crippen molar-refractivity contribution in [3.8, 4) is 0 Å². The number of rotatable bonds is 5. The molecule has 0 unspecified atom stereocenters. The maximum atomic E-state index is 12.6. The fourth-order valence-corrected chi connectivity index (χ4v) is 2.68. The van der Waals surface area contributed by atoms with Crippen LogP contribution in [-0.2, 0) is 27.2 Å². The predicted octanol–water partition coefficient (Wildman–Crippen LogP) is 1.98. The van der Waals surface area contributed by atoms with Gasteiger partial charge >= 0.3 is 5.97 Å². The Morgan fingerprint density at radius 1 is 1.24 bits per heavy atom. The third-order valence-electron chi connectivity index (χ3n) is 3.76. The average molecular weight is 287 g/mol. The van der Waals surface area contributed by atoms with Gasteiger partial charge in [0.15, 0.2) is 5.78 Å². The maximum absolute atomic E-state index is 12.6. The normalized spacial score (nSPS) is 15.8. The molecule has 0 N–H and O–H groups in total. The van der Waals surface area contributed by atoms with Gasteiger partial charge in [-0.2, -0.15) is 0 Å². The van der Waals surface area contributed by atoms with Crippen molar-refractivity contribution in [2.24, 2.45) is 5.41 Å². The van der Waals surface area contributed by atoms with Gasteiger partial charge in [0, 0.05) is 20.3 Å². The molecular weight excluding hydrogens is 266 g/mol. The topological polar surface area (TPSA) is 46.6 Å². The monoisotopic (exact) mass is 287 g/mol. The van der Waals surface area contributed by atoms with Crippen LogP contribution in [-0.4, -0.2) is 37.4 Å². The van der Waals surface area contributed by atoms with Crippen LogP contribution in [0, 0.1) is 5.41 Å². The largest absolute Gasteiger partial charge is 0.465 e. The van der Waals surface area contributed by atoms with E-state index in [4.69, 9.17) is 4.74 Å². The van der Waals surface area contributed by atoms with E-state index >= 15 is 0 Å². The van der Waals surface area contributed by atoms with Gasteiger partial charge in [-0.05, 0) is 37.0 Å². The molecule has 112 valence electrons. The van der Waals surface area contributed by atoms with E-state index in [0.717, 1.165) is 11.1 Å². The van der Waals surface area contributed by atoms with Crippen LogP contribution in [0.4, 0.5) is 0 Å². The van der Waals surface area contributed by atoms with Gasteiger partial charge in [0.1, 0.15) is 5.41 Å².